The van der Waals surface area contributed by atoms with E-state index in [0.717, 1.165) is 11.5 Å². The quantitative estimate of drug-likeness (QED) is 0.786. The Morgan fingerprint density at radius 2 is 1.81 bits per heavy atom. The van der Waals surface area contributed by atoms with E-state index in [1.165, 1.54) is 0 Å². The molecule has 21 heavy (non-hydrogen) atoms. The van der Waals surface area contributed by atoms with Crippen LogP contribution in [0.25, 0.3) is 0 Å². The Labute approximate surface area is 131 Å². The zero-order valence-corrected chi connectivity index (χ0v) is 14.3. The topological polar surface area (TPSA) is 47.6 Å². The Balaban J connectivity index is 2.33. The maximum absolute atomic E-state index is 11.9. The van der Waals surface area contributed by atoms with E-state index in [1.807, 2.05) is 11.8 Å². The fourth-order valence-electron chi connectivity index (χ4n) is 1.59. The number of hydrogen-bond acceptors (Lipinski definition) is 4. The summed E-state index contributed by atoms with van der Waals surface area (Å²) in [5.74, 6) is 2.21. The van der Waals surface area contributed by atoms with Crippen LogP contribution in [0.2, 0.25) is 0 Å². The summed E-state index contributed by atoms with van der Waals surface area (Å²) in [5, 5.41) is 2.89. The maximum atomic E-state index is 11.9. The molecule has 0 saturated carbocycles. The highest BCUT2D eigenvalue weighted by Gasteiger charge is 2.15. The molecule has 5 heteroatoms. The summed E-state index contributed by atoms with van der Waals surface area (Å²) in [7, 11) is 1.61. The lowest BCUT2D eigenvalue weighted by molar-refractivity contribution is -0.127. The molecule has 1 atom stereocenters. The number of hydrogen-bond donors (Lipinski definition) is 1. The van der Waals surface area contributed by atoms with E-state index in [2.05, 4.69) is 26.1 Å². The first kappa shape index (κ1) is 17.7. The minimum Gasteiger partial charge on any atom is -0.497 e. The molecule has 0 aliphatic carbocycles. The lowest BCUT2D eigenvalue weighted by Gasteiger charge is -2.18. The second kappa shape index (κ2) is 8.17. The van der Waals surface area contributed by atoms with Crippen molar-refractivity contribution in [2.75, 3.05) is 19.4 Å². The molecule has 1 amide bonds. The number of ether oxygens (including phenoxy) is 2. The van der Waals surface area contributed by atoms with Gasteiger partial charge in [-0.05, 0) is 31.2 Å². The van der Waals surface area contributed by atoms with Crippen LogP contribution in [0.5, 0.6) is 11.5 Å². The van der Waals surface area contributed by atoms with Crippen LogP contribution in [0.3, 0.4) is 0 Å². The Morgan fingerprint density at radius 3 is 2.33 bits per heavy atom. The fourth-order valence-corrected chi connectivity index (χ4v) is 2.40. The number of rotatable bonds is 7. The van der Waals surface area contributed by atoms with Gasteiger partial charge in [-0.3, -0.25) is 4.79 Å². The molecule has 0 saturated heterocycles. The van der Waals surface area contributed by atoms with Gasteiger partial charge in [0.1, 0.15) is 11.5 Å². The fraction of sp³-hybridized carbons (Fsp3) is 0.562. The van der Waals surface area contributed by atoms with Crippen molar-refractivity contribution in [3.05, 3.63) is 24.3 Å². The van der Waals surface area contributed by atoms with Crippen LogP contribution in [-0.4, -0.2) is 36.2 Å². The Hall–Kier alpha value is -1.36. The molecule has 4 nitrogen and oxygen atoms in total. The van der Waals surface area contributed by atoms with E-state index in [1.54, 1.807) is 38.3 Å². The molecule has 1 aromatic rings. The zero-order chi connectivity index (χ0) is 15.9. The minimum atomic E-state index is -0.516. The number of benzene rings is 1. The minimum absolute atomic E-state index is 0.0969. The van der Waals surface area contributed by atoms with Crippen molar-refractivity contribution in [3.63, 3.8) is 0 Å². The summed E-state index contributed by atoms with van der Waals surface area (Å²) in [6.45, 7) is 8.88. The van der Waals surface area contributed by atoms with E-state index < -0.39 is 6.10 Å². The van der Waals surface area contributed by atoms with Gasteiger partial charge in [-0.2, -0.15) is 11.8 Å². The maximum Gasteiger partial charge on any atom is 0.260 e. The number of amides is 1. The SMILES string of the molecule is COc1ccc(O[C@@H](C)C(=O)NCCSC(C)(C)C)cc1. The zero-order valence-electron chi connectivity index (χ0n) is 13.4. The van der Waals surface area contributed by atoms with Crippen LogP contribution in [0.15, 0.2) is 24.3 Å². The summed E-state index contributed by atoms with van der Waals surface area (Å²) in [4.78, 5) is 11.9. The third-order valence-corrected chi connectivity index (χ3v) is 3.95. The Morgan fingerprint density at radius 1 is 1.24 bits per heavy atom. The number of carbonyl (C=O) groups excluding carboxylic acids is 1. The van der Waals surface area contributed by atoms with E-state index in [-0.39, 0.29) is 10.7 Å². The van der Waals surface area contributed by atoms with Crippen LogP contribution in [-0.2, 0) is 4.79 Å². The van der Waals surface area contributed by atoms with Crippen LogP contribution in [0, 0.1) is 0 Å². The summed E-state index contributed by atoms with van der Waals surface area (Å²) in [6.07, 6.45) is -0.516. The summed E-state index contributed by atoms with van der Waals surface area (Å²) < 4.78 is 10.9. The smallest absolute Gasteiger partial charge is 0.260 e. The number of thioether (sulfide) groups is 1. The van der Waals surface area contributed by atoms with Crippen molar-refractivity contribution in [1.82, 2.24) is 5.32 Å². The highest BCUT2D eigenvalue weighted by Crippen LogP contribution is 2.22. The predicted octanol–water partition coefficient (Wildman–Crippen LogP) is 3.11. The lowest BCUT2D eigenvalue weighted by Crippen LogP contribution is -2.37. The van der Waals surface area contributed by atoms with Gasteiger partial charge in [0.15, 0.2) is 6.10 Å². The van der Waals surface area contributed by atoms with Gasteiger partial charge < -0.3 is 14.8 Å². The summed E-state index contributed by atoms with van der Waals surface area (Å²) in [6, 6.07) is 7.19. The average Bonchev–Trinajstić information content (AvgIpc) is 2.43. The first-order valence-corrected chi connectivity index (χ1v) is 8.03. The highest BCUT2D eigenvalue weighted by molar-refractivity contribution is 8.00. The number of carbonyl (C=O) groups is 1. The molecule has 1 N–H and O–H groups in total. The molecule has 0 aliphatic heterocycles. The molecule has 0 aliphatic rings. The molecule has 118 valence electrons. The van der Waals surface area contributed by atoms with E-state index in [9.17, 15) is 4.79 Å². The van der Waals surface area contributed by atoms with Crippen molar-refractivity contribution in [3.8, 4) is 11.5 Å². The van der Waals surface area contributed by atoms with Gasteiger partial charge in [-0.25, -0.2) is 0 Å². The third-order valence-electron chi connectivity index (χ3n) is 2.68. The Kier molecular flexibility index (Phi) is 6.89. The van der Waals surface area contributed by atoms with Gasteiger partial charge in [-0.15, -0.1) is 0 Å². The van der Waals surface area contributed by atoms with Crippen LogP contribution in [0.1, 0.15) is 27.7 Å². The molecule has 0 spiro atoms. The molecular formula is C16H25NO3S. The molecule has 0 heterocycles. The monoisotopic (exact) mass is 311 g/mol. The number of nitrogens with one attached hydrogen (secondary N) is 1. The number of methoxy groups -OCH3 is 1. The lowest BCUT2D eigenvalue weighted by atomic mass is 10.3. The van der Waals surface area contributed by atoms with Crippen molar-refractivity contribution in [2.45, 2.75) is 38.5 Å². The van der Waals surface area contributed by atoms with Gasteiger partial charge >= 0.3 is 0 Å². The van der Waals surface area contributed by atoms with Crippen LogP contribution < -0.4 is 14.8 Å². The van der Waals surface area contributed by atoms with E-state index in [0.29, 0.717) is 12.3 Å². The standard InChI is InChI=1S/C16H25NO3S/c1-12(15(18)17-10-11-21-16(2,3)4)20-14-8-6-13(19-5)7-9-14/h6-9,12H,10-11H2,1-5H3,(H,17,18)/t12-/m0/s1. The summed E-state index contributed by atoms with van der Waals surface area (Å²) in [5.41, 5.74) is 0. The van der Waals surface area contributed by atoms with Gasteiger partial charge in [-0.1, -0.05) is 20.8 Å². The van der Waals surface area contributed by atoms with Gasteiger partial charge in [0, 0.05) is 17.0 Å². The predicted molar refractivity (Wildman–Crippen MR) is 88.3 cm³/mol. The van der Waals surface area contributed by atoms with Crippen LogP contribution >= 0.6 is 11.8 Å². The average molecular weight is 311 g/mol. The molecule has 1 rings (SSSR count). The Bertz CT molecular complexity index is 440. The molecule has 1 aromatic carbocycles. The molecule has 0 radical (unpaired) electrons. The molecule has 0 bridgehead atoms. The van der Waals surface area contributed by atoms with Crippen molar-refractivity contribution in [2.24, 2.45) is 0 Å². The summed E-state index contributed by atoms with van der Waals surface area (Å²) >= 11 is 1.83. The van der Waals surface area contributed by atoms with Crippen LogP contribution in [0.4, 0.5) is 0 Å². The van der Waals surface area contributed by atoms with E-state index >= 15 is 0 Å². The van der Waals surface area contributed by atoms with E-state index in [4.69, 9.17) is 9.47 Å². The molecule has 0 aromatic heterocycles. The largest absolute Gasteiger partial charge is 0.497 e. The molecule has 0 fully saturated rings. The first-order valence-electron chi connectivity index (χ1n) is 7.04. The van der Waals surface area contributed by atoms with Crippen molar-refractivity contribution < 1.29 is 14.3 Å². The highest BCUT2D eigenvalue weighted by atomic mass is 32.2. The van der Waals surface area contributed by atoms with Gasteiger partial charge in [0.25, 0.3) is 5.91 Å². The first-order chi connectivity index (χ1) is 9.81. The van der Waals surface area contributed by atoms with Gasteiger partial charge in [0.05, 0.1) is 7.11 Å². The third kappa shape index (κ3) is 7.27. The molecular weight excluding hydrogens is 286 g/mol. The second-order valence-corrected chi connectivity index (χ2v) is 7.61. The second-order valence-electron chi connectivity index (χ2n) is 5.69. The van der Waals surface area contributed by atoms with Crippen molar-refractivity contribution >= 4 is 17.7 Å². The normalized spacial score (nSPS) is 12.6. The molecule has 0 unspecified atom stereocenters. The van der Waals surface area contributed by atoms with Gasteiger partial charge in [0.2, 0.25) is 0 Å². The van der Waals surface area contributed by atoms with Crippen molar-refractivity contribution in [1.29, 1.82) is 0 Å².